The van der Waals surface area contributed by atoms with Crippen molar-refractivity contribution in [1.29, 1.82) is 5.26 Å². The van der Waals surface area contributed by atoms with Crippen molar-refractivity contribution >= 4 is 5.97 Å². The van der Waals surface area contributed by atoms with Gasteiger partial charge in [-0.1, -0.05) is 19.3 Å². The van der Waals surface area contributed by atoms with Gasteiger partial charge in [0.2, 0.25) is 0 Å². The Morgan fingerprint density at radius 3 is 2.33 bits per heavy atom. The Bertz CT molecular complexity index is 160. The molecular weight excluding hydrogens is 154 g/mol. The van der Waals surface area contributed by atoms with Crippen LogP contribution in [0.15, 0.2) is 0 Å². The van der Waals surface area contributed by atoms with Gasteiger partial charge in [0.15, 0.2) is 0 Å². The van der Waals surface area contributed by atoms with Crippen molar-refractivity contribution in [1.82, 2.24) is 0 Å². The van der Waals surface area contributed by atoms with E-state index in [0.717, 1.165) is 32.1 Å². The van der Waals surface area contributed by atoms with Gasteiger partial charge >= 0.3 is 5.97 Å². The first-order valence-electron chi connectivity index (χ1n) is 4.36. The lowest BCUT2D eigenvalue weighted by molar-refractivity contribution is -0.137. The first kappa shape index (κ1) is 11.0. The fraction of sp³-hybridized carbons (Fsp3) is 0.778. The Morgan fingerprint density at radius 2 is 1.75 bits per heavy atom. The first-order valence-corrected chi connectivity index (χ1v) is 4.36. The summed E-state index contributed by atoms with van der Waals surface area (Å²) in [6.45, 7) is 0. The van der Waals surface area contributed by atoms with E-state index in [1.165, 1.54) is 0 Å². The van der Waals surface area contributed by atoms with Crippen LogP contribution in [0.5, 0.6) is 0 Å². The fourth-order valence-corrected chi connectivity index (χ4v) is 1.01. The van der Waals surface area contributed by atoms with E-state index in [9.17, 15) is 4.79 Å². The van der Waals surface area contributed by atoms with E-state index in [4.69, 9.17) is 10.4 Å². The lowest BCUT2D eigenvalue weighted by Gasteiger charge is -1.96. The Hall–Kier alpha value is -1.04. The molecule has 0 atom stereocenters. The van der Waals surface area contributed by atoms with Gasteiger partial charge in [0.05, 0.1) is 6.07 Å². The molecule has 0 aromatic heterocycles. The van der Waals surface area contributed by atoms with Crippen LogP contribution in [-0.4, -0.2) is 11.1 Å². The lowest BCUT2D eigenvalue weighted by atomic mass is 10.1. The molecule has 0 heterocycles. The molecule has 3 nitrogen and oxygen atoms in total. The highest BCUT2D eigenvalue weighted by atomic mass is 16.4. The summed E-state index contributed by atoms with van der Waals surface area (Å²) < 4.78 is 0. The molecule has 1 N–H and O–H groups in total. The summed E-state index contributed by atoms with van der Waals surface area (Å²) in [7, 11) is 0. The predicted octanol–water partition coefficient (Wildman–Crippen LogP) is 2.33. The van der Waals surface area contributed by atoms with Gasteiger partial charge in [-0.15, -0.1) is 0 Å². The molecule has 0 radical (unpaired) electrons. The van der Waals surface area contributed by atoms with Gasteiger partial charge in [-0.05, 0) is 12.8 Å². The maximum atomic E-state index is 10.1. The third kappa shape index (κ3) is 8.96. The molecule has 0 spiro atoms. The lowest BCUT2D eigenvalue weighted by Crippen LogP contribution is -1.93. The van der Waals surface area contributed by atoms with E-state index < -0.39 is 5.97 Å². The second kappa shape index (κ2) is 8.06. The number of nitriles is 1. The van der Waals surface area contributed by atoms with Gasteiger partial charge in [0, 0.05) is 12.8 Å². The average Bonchev–Trinajstić information content (AvgIpc) is 2.02. The molecular formula is C9H15NO2. The summed E-state index contributed by atoms with van der Waals surface area (Å²) in [5.41, 5.74) is 0. The zero-order chi connectivity index (χ0) is 9.23. The molecule has 0 bridgehead atoms. The Morgan fingerprint density at radius 1 is 1.17 bits per heavy atom. The second-order valence-electron chi connectivity index (χ2n) is 2.82. The van der Waals surface area contributed by atoms with Gasteiger partial charge in [0.1, 0.15) is 0 Å². The fourth-order valence-electron chi connectivity index (χ4n) is 1.01. The number of aliphatic carboxylic acids is 1. The Balaban J connectivity index is 2.92. The van der Waals surface area contributed by atoms with Gasteiger partial charge in [-0.25, -0.2) is 0 Å². The Labute approximate surface area is 73.0 Å². The SMILES string of the molecule is N#CCCCCCCCC(=O)O. The maximum Gasteiger partial charge on any atom is 0.303 e. The van der Waals surface area contributed by atoms with Crippen molar-refractivity contribution in [2.75, 3.05) is 0 Å². The molecule has 12 heavy (non-hydrogen) atoms. The molecule has 0 fully saturated rings. The molecule has 0 aliphatic heterocycles. The summed E-state index contributed by atoms with van der Waals surface area (Å²) >= 11 is 0. The summed E-state index contributed by atoms with van der Waals surface area (Å²) in [6.07, 6.45) is 5.68. The van der Waals surface area contributed by atoms with E-state index in [2.05, 4.69) is 6.07 Å². The maximum absolute atomic E-state index is 10.1. The van der Waals surface area contributed by atoms with Crippen LogP contribution >= 0.6 is 0 Å². The van der Waals surface area contributed by atoms with Crippen molar-refractivity contribution < 1.29 is 9.90 Å². The summed E-state index contributed by atoms with van der Waals surface area (Å²) in [5.74, 6) is -0.716. The molecule has 0 aromatic carbocycles. The van der Waals surface area contributed by atoms with Crippen LogP contribution < -0.4 is 0 Å². The smallest absolute Gasteiger partial charge is 0.303 e. The summed E-state index contributed by atoms with van der Waals surface area (Å²) in [6, 6.07) is 2.08. The van der Waals surface area contributed by atoms with Gasteiger partial charge in [-0.2, -0.15) is 5.26 Å². The highest BCUT2D eigenvalue weighted by Gasteiger charge is 1.95. The second-order valence-corrected chi connectivity index (χ2v) is 2.82. The first-order chi connectivity index (χ1) is 5.77. The van der Waals surface area contributed by atoms with Crippen LogP contribution in [0.4, 0.5) is 0 Å². The third-order valence-corrected chi connectivity index (χ3v) is 1.68. The van der Waals surface area contributed by atoms with Crippen molar-refractivity contribution in [3.63, 3.8) is 0 Å². The number of carboxylic acid groups (broad SMARTS) is 1. The third-order valence-electron chi connectivity index (χ3n) is 1.68. The topological polar surface area (TPSA) is 61.1 Å². The standard InChI is InChI=1S/C9H15NO2/c10-8-6-4-2-1-3-5-7-9(11)12/h1-7H2,(H,11,12). The van der Waals surface area contributed by atoms with E-state index in [0.29, 0.717) is 6.42 Å². The number of rotatable bonds is 7. The predicted molar refractivity (Wildman–Crippen MR) is 45.6 cm³/mol. The number of carboxylic acids is 1. The number of unbranched alkanes of at least 4 members (excludes halogenated alkanes) is 5. The number of hydrogen-bond donors (Lipinski definition) is 1. The van der Waals surface area contributed by atoms with E-state index in [-0.39, 0.29) is 6.42 Å². The number of carbonyl (C=O) groups is 1. The molecule has 0 aromatic rings. The van der Waals surface area contributed by atoms with Crippen LogP contribution in [-0.2, 0) is 4.79 Å². The quantitative estimate of drug-likeness (QED) is 0.595. The van der Waals surface area contributed by atoms with Crippen molar-refractivity contribution in [2.24, 2.45) is 0 Å². The largest absolute Gasteiger partial charge is 0.481 e. The number of nitrogens with zero attached hydrogens (tertiary/aromatic N) is 1. The molecule has 0 saturated heterocycles. The molecule has 0 aliphatic rings. The highest BCUT2D eigenvalue weighted by Crippen LogP contribution is 2.06. The van der Waals surface area contributed by atoms with E-state index in [1.807, 2.05) is 0 Å². The molecule has 3 heteroatoms. The van der Waals surface area contributed by atoms with Gasteiger partial charge in [0.25, 0.3) is 0 Å². The summed E-state index contributed by atoms with van der Waals surface area (Å²) in [5, 5.41) is 16.5. The van der Waals surface area contributed by atoms with Crippen LogP contribution in [0.3, 0.4) is 0 Å². The molecule has 0 aliphatic carbocycles. The molecule has 0 unspecified atom stereocenters. The minimum Gasteiger partial charge on any atom is -0.481 e. The van der Waals surface area contributed by atoms with Crippen molar-refractivity contribution in [3.8, 4) is 6.07 Å². The molecule has 0 rings (SSSR count). The van der Waals surface area contributed by atoms with Crippen LogP contribution in [0.1, 0.15) is 44.9 Å². The zero-order valence-electron chi connectivity index (χ0n) is 7.25. The van der Waals surface area contributed by atoms with Gasteiger partial charge < -0.3 is 5.11 Å². The number of hydrogen-bond acceptors (Lipinski definition) is 2. The van der Waals surface area contributed by atoms with Crippen molar-refractivity contribution in [2.45, 2.75) is 44.9 Å². The monoisotopic (exact) mass is 169 g/mol. The minimum absolute atomic E-state index is 0.276. The van der Waals surface area contributed by atoms with Crippen LogP contribution in [0.2, 0.25) is 0 Å². The van der Waals surface area contributed by atoms with E-state index in [1.54, 1.807) is 0 Å². The van der Waals surface area contributed by atoms with Crippen molar-refractivity contribution in [3.05, 3.63) is 0 Å². The van der Waals surface area contributed by atoms with Crippen LogP contribution in [0, 0.1) is 11.3 Å². The zero-order valence-corrected chi connectivity index (χ0v) is 7.25. The summed E-state index contributed by atoms with van der Waals surface area (Å²) in [4.78, 5) is 10.1. The minimum atomic E-state index is -0.716. The van der Waals surface area contributed by atoms with Crippen LogP contribution in [0.25, 0.3) is 0 Å². The molecule has 68 valence electrons. The van der Waals surface area contributed by atoms with Gasteiger partial charge in [-0.3, -0.25) is 4.79 Å². The average molecular weight is 169 g/mol. The highest BCUT2D eigenvalue weighted by molar-refractivity contribution is 5.66. The van der Waals surface area contributed by atoms with E-state index >= 15 is 0 Å². The molecule has 0 amide bonds. The normalized spacial score (nSPS) is 9.25. The molecule has 0 saturated carbocycles. The Kier molecular flexibility index (Phi) is 7.36.